The number of rotatable bonds is 9. The number of amides is 1. The van der Waals surface area contributed by atoms with E-state index in [1.165, 1.54) is 16.4 Å². The van der Waals surface area contributed by atoms with Crippen LogP contribution in [0.3, 0.4) is 0 Å². The van der Waals surface area contributed by atoms with Gasteiger partial charge in [-0.1, -0.05) is 18.2 Å². The van der Waals surface area contributed by atoms with Crippen molar-refractivity contribution in [2.45, 2.75) is 17.7 Å². The molecule has 32 heavy (non-hydrogen) atoms. The van der Waals surface area contributed by atoms with E-state index in [1.54, 1.807) is 30.3 Å². The third-order valence-corrected chi connectivity index (χ3v) is 6.97. The molecule has 1 amide bonds. The van der Waals surface area contributed by atoms with Gasteiger partial charge in [0, 0.05) is 32.6 Å². The maximum absolute atomic E-state index is 13.6. The van der Waals surface area contributed by atoms with Gasteiger partial charge in [0.15, 0.2) is 0 Å². The number of nitrogens with zero attached hydrogens (tertiary/aromatic N) is 2. The first kappa shape index (κ1) is 23.7. The van der Waals surface area contributed by atoms with Crippen molar-refractivity contribution in [3.05, 3.63) is 59.4 Å². The second-order valence-corrected chi connectivity index (χ2v) is 9.15. The molecule has 1 saturated heterocycles. The van der Waals surface area contributed by atoms with Crippen LogP contribution in [0.25, 0.3) is 0 Å². The van der Waals surface area contributed by atoms with E-state index in [0.717, 1.165) is 5.56 Å². The van der Waals surface area contributed by atoms with Crippen LogP contribution in [0, 0.1) is 17.1 Å². The largest absolute Gasteiger partial charge is 0.382 e. The topological polar surface area (TPSA) is 112 Å². The number of sulfonamides is 1. The van der Waals surface area contributed by atoms with E-state index in [4.69, 9.17) is 10.00 Å². The molecule has 0 spiro atoms. The third-order valence-electron chi connectivity index (χ3n) is 5.06. The number of halogens is 1. The molecule has 0 bridgehead atoms. The average Bonchev–Trinajstić information content (AvgIpc) is 2.81. The summed E-state index contributed by atoms with van der Waals surface area (Å²) in [5.41, 5.74) is 1.18. The highest BCUT2D eigenvalue weighted by Crippen LogP contribution is 2.19. The molecule has 0 radical (unpaired) electrons. The maximum atomic E-state index is 13.6. The number of hydrogen-bond donors (Lipinski definition) is 2. The summed E-state index contributed by atoms with van der Waals surface area (Å²) in [6, 6.07) is 12.7. The van der Waals surface area contributed by atoms with Crippen LogP contribution in [0.5, 0.6) is 0 Å². The first-order valence-electron chi connectivity index (χ1n) is 10.3. The van der Waals surface area contributed by atoms with Crippen molar-refractivity contribution in [3.63, 3.8) is 0 Å². The van der Waals surface area contributed by atoms with Crippen molar-refractivity contribution in [2.75, 3.05) is 44.7 Å². The van der Waals surface area contributed by atoms with Gasteiger partial charge in [-0.3, -0.25) is 4.79 Å². The van der Waals surface area contributed by atoms with Gasteiger partial charge in [0.1, 0.15) is 17.4 Å². The molecule has 2 N–H and O–H groups in total. The minimum absolute atomic E-state index is 0.0575. The summed E-state index contributed by atoms with van der Waals surface area (Å²) in [7, 11) is -3.53. The number of nitriles is 1. The van der Waals surface area contributed by atoms with Crippen molar-refractivity contribution >= 4 is 21.6 Å². The first-order valence-corrected chi connectivity index (χ1v) is 11.7. The third kappa shape index (κ3) is 6.03. The standard InChI is InChI=1S/C22H25FN4O4S/c23-20-2-1-3-21(19(20)16-24)25-10-11-26-22(28)9-6-17-4-7-18(8-5-17)32(29,30)27-12-14-31-15-13-27/h1-5,7-8,25H,6,9-15H2,(H,26,28). The summed E-state index contributed by atoms with van der Waals surface area (Å²) in [4.78, 5) is 12.3. The van der Waals surface area contributed by atoms with E-state index >= 15 is 0 Å². The lowest BCUT2D eigenvalue weighted by Crippen LogP contribution is -2.40. The zero-order chi connectivity index (χ0) is 23.0. The number of aryl methyl sites for hydroxylation is 1. The van der Waals surface area contributed by atoms with Gasteiger partial charge in [-0.15, -0.1) is 0 Å². The molecular formula is C22H25FN4O4S. The van der Waals surface area contributed by atoms with Crippen molar-refractivity contribution in [3.8, 4) is 6.07 Å². The summed E-state index contributed by atoms with van der Waals surface area (Å²) in [5.74, 6) is -0.748. The molecule has 1 aliphatic rings. The van der Waals surface area contributed by atoms with Gasteiger partial charge < -0.3 is 15.4 Å². The lowest BCUT2D eigenvalue weighted by Gasteiger charge is -2.26. The lowest BCUT2D eigenvalue weighted by atomic mass is 10.1. The molecule has 2 aromatic carbocycles. The minimum atomic E-state index is -3.53. The van der Waals surface area contributed by atoms with Gasteiger partial charge in [0.05, 0.1) is 23.8 Å². The Morgan fingerprint density at radius 2 is 1.84 bits per heavy atom. The average molecular weight is 461 g/mol. The summed E-state index contributed by atoms with van der Waals surface area (Å²) in [5, 5.41) is 14.7. The van der Waals surface area contributed by atoms with Crippen LogP contribution in [0.15, 0.2) is 47.4 Å². The number of benzene rings is 2. The van der Waals surface area contributed by atoms with Crippen molar-refractivity contribution in [1.29, 1.82) is 5.26 Å². The zero-order valence-electron chi connectivity index (χ0n) is 17.5. The summed E-state index contributed by atoms with van der Waals surface area (Å²) >= 11 is 0. The van der Waals surface area contributed by atoms with Crippen LogP contribution in [0.4, 0.5) is 10.1 Å². The van der Waals surface area contributed by atoms with E-state index in [1.807, 2.05) is 6.07 Å². The molecule has 8 nitrogen and oxygen atoms in total. The molecule has 0 atom stereocenters. The van der Waals surface area contributed by atoms with Crippen LogP contribution < -0.4 is 10.6 Å². The molecule has 0 saturated carbocycles. The molecule has 3 rings (SSSR count). The molecule has 1 fully saturated rings. The van der Waals surface area contributed by atoms with E-state index in [0.29, 0.717) is 51.5 Å². The summed E-state index contributed by atoms with van der Waals surface area (Å²) in [6.07, 6.45) is 0.721. The molecule has 0 unspecified atom stereocenters. The predicted molar refractivity (Wildman–Crippen MR) is 117 cm³/mol. The van der Waals surface area contributed by atoms with Crippen LogP contribution in [0.1, 0.15) is 17.5 Å². The Morgan fingerprint density at radius 3 is 2.53 bits per heavy atom. The fourth-order valence-electron chi connectivity index (χ4n) is 3.29. The second-order valence-electron chi connectivity index (χ2n) is 7.21. The van der Waals surface area contributed by atoms with Crippen LogP contribution >= 0.6 is 0 Å². The first-order chi connectivity index (χ1) is 15.4. The smallest absolute Gasteiger partial charge is 0.243 e. The fourth-order valence-corrected chi connectivity index (χ4v) is 4.70. The predicted octanol–water partition coefficient (Wildman–Crippen LogP) is 1.88. The molecule has 1 aliphatic heterocycles. The number of hydrogen-bond acceptors (Lipinski definition) is 6. The Kier molecular flexibility index (Phi) is 8.16. The SMILES string of the molecule is N#Cc1c(F)cccc1NCCNC(=O)CCc1ccc(S(=O)(=O)N2CCOCC2)cc1. The van der Waals surface area contributed by atoms with Gasteiger partial charge in [-0.2, -0.15) is 9.57 Å². The minimum Gasteiger partial charge on any atom is -0.382 e. The van der Waals surface area contributed by atoms with Crippen LogP contribution in [-0.4, -0.2) is 58.0 Å². The Morgan fingerprint density at radius 1 is 1.12 bits per heavy atom. The Bertz CT molecular complexity index is 1080. The van der Waals surface area contributed by atoms with Crippen LogP contribution in [0.2, 0.25) is 0 Å². The fraction of sp³-hybridized carbons (Fsp3) is 0.364. The molecular weight excluding hydrogens is 435 g/mol. The highest BCUT2D eigenvalue weighted by molar-refractivity contribution is 7.89. The Balaban J connectivity index is 1.42. The van der Waals surface area contributed by atoms with Gasteiger partial charge >= 0.3 is 0 Å². The van der Waals surface area contributed by atoms with E-state index in [9.17, 15) is 17.6 Å². The molecule has 170 valence electrons. The van der Waals surface area contributed by atoms with Gasteiger partial charge in [0.25, 0.3) is 0 Å². The second kappa shape index (κ2) is 11.0. The molecule has 10 heteroatoms. The zero-order valence-corrected chi connectivity index (χ0v) is 18.3. The molecule has 1 heterocycles. The Labute approximate surface area is 187 Å². The van der Waals surface area contributed by atoms with E-state index in [2.05, 4.69) is 10.6 Å². The van der Waals surface area contributed by atoms with Gasteiger partial charge in [-0.25, -0.2) is 12.8 Å². The van der Waals surface area contributed by atoms with Gasteiger partial charge in [0.2, 0.25) is 15.9 Å². The van der Waals surface area contributed by atoms with Gasteiger partial charge in [-0.05, 0) is 36.2 Å². The number of anilines is 1. The molecule has 2 aromatic rings. The maximum Gasteiger partial charge on any atom is 0.243 e. The van der Waals surface area contributed by atoms with Crippen molar-refractivity contribution in [2.24, 2.45) is 0 Å². The quantitative estimate of drug-likeness (QED) is 0.553. The normalized spacial score (nSPS) is 14.5. The molecule has 0 aromatic heterocycles. The number of carbonyl (C=O) groups is 1. The van der Waals surface area contributed by atoms with Crippen molar-refractivity contribution in [1.82, 2.24) is 9.62 Å². The lowest BCUT2D eigenvalue weighted by molar-refractivity contribution is -0.120. The Hall–Kier alpha value is -3.00. The van der Waals surface area contributed by atoms with Crippen molar-refractivity contribution < 1.29 is 22.3 Å². The summed E-state index contributed by atoms with van der Waals surface area (Å²) < 4.78 is 45.4. The van der Waals surface area contributed by atoms with E-state index < -0.39 is 15.8 Å². The summed E-state index contributed by atoms with van der Waals surface area (Å²) in [6.45, 7) is 2.13. The number of morpholine rings is 1. The number of carbonyl (C=O) groups excluding carboxylic acids is 1. The number of ether oxygens (including phenoxy) is 1. The van der Waals surface area contributed by atoms with Crippen LogP contribution in [-0.2, 0) is 26.0 Å². The monoisotopic (exact) mass is 460 g/mol. The number of nitrogens with one attached hydrogen (secondary N) is 2. The highest BCUT2D eigenvalue weighted by atomic mass is 32.2. The molecule has 0 aliphatic carbocycles. The highest BCUT2D eigenvalue weighted by Gasteiger charge is 2.26. The van der Waals surface area contributed by atoms with E-state index in [-0.39, 0.29) is 22.8 Å².